The number of ether oxygens (including phenoxy) is 1. The lowest BCUT2D eigenvalue weighted by atomic mass is 9.82. The first-order valence-corrected chi connectivity index (χ1v) is 8.61. The monoisotopic (exact) mass is 324 g/mol. The van der Waals surface area contributed by atoms with Crippen molar-refractivity contribution in [2.75, 3.05) is 26.9 Å². The summed E-state index contributed by atoms with van der Waals surface area (Å²) in [7, 11) is 1.42. The van der Waals surface area contributed by atoms with Crippen LogP contribution < -0.4 is 10.2 Å². The fourth-order valence-corrected chi connectivity index (χ4v) is 4.12. The van der Waals surface area contributed by atoms with E-state index < -0.39 is 5.54 Å². The van der Waals surface area contributed by atoms with Crippen molar-refractivity contribution in [3.05, 3.63) is 0 Å². The number of amides is 3. The van der Waals surface area contributed by atoms with Crippen molar-refractivity contribution in [2.24, 2.45) is 5.92 Å². The predicted molar refractivity (Wildman–Crippen MR) is 81.5 cm³/mol. The molecule has 1 saturated carbocycles. The van der Waals surface area contributed by atoms with Crippen molar-refractivity contribution in [2.45, 2.75) is 50.5 Å². The molecule has 2 N–H and O–H groups in total. The number of hydrogen-bond donors (Lipinski definition) is 2. The zero-order valence-corrected chi connectivity index (χ0v) is 13.7. The van der Waals surface area contributed by atoms with Crippen molar-refractivity contribution >= 4 is 17.9 Å². The van der Waals surface area contributed by atoms with Gasteiger partial charge in [-0.1, -0.05) is 19.3 Å². The summed E-state index contributed by atoms with van der Waals surface area (Å²) in [6, 6.07) is -0.250. The summed E-state index contributed by atoms with van der Waals surface area (Å²) in [5.74, 6) is -0.249. The van der Waals surface area contributed by atoms with Crippen LogP contribution in [0.4, 0.5) is 4.79 Å². The first-order chi connectivity index (χ1) is 11.1. The van der Waals surface area contributed by atoms with Gasteiger partial charge in [-0.3, -0.25) is 9.59 Å². The summed E-state index contributed by atoms with van der Waals surface area (Å²) in [5, 5.41) is 2.94. The lowest BCUT2D eigenvalue weighted by molar-refractivity contribution is -0.913. The van der Waals surface area contributed by atoms with Crippen LogP contribution >= 0.6 is 0 Å². The molecule has 3 amide bonds. The third-order valence-electron chi connectivity index (χ3n) is 5.56. The number of carbonyl (C=O) groups excluding carboxylic acids is 3. The van der Waals surface area contributed by atoms with E-state index in [0.29, 0.717) is 6.67 Å². The molecule has 0 atom stereocenters. The minimum Gasteiger partial charge on any atom is -0.469 e. The van der Waals surface area contributed by atoms with Gasteiger partial charge in [0.05, 0.1) is 26.1 Å². The standard InChI is InChI=1S/C16H25N3O4/c1-23-13(20)12-5-9-18(10-6-12)11-19-14(21)16(17-15(19)22)7-3-2-4-8-16/h12H,2-11H2,1H3,(H,17,22)/p+1. The molecular formula is C16H26N3O4+. The number of imide groups is 1. The maximum Gasteiger partial charge on any atom is 0.329 e. The van der Waals surface area contributed by atoms with Crippen LogP contribution in [0.3, 0.4) is 0 Å². The molecule has 0 bridgehead atoms. The van der Waals surface area contributed by atoms with Crippen LogP contribution in [-0.2, 0) is 14.3 Å². The molecule has 1 spiro atoms. The van der Waals surface area contributed by atoms with Gasteiger partial charge in [0, 0.05) is 12.8 Å². The Hall–Kier alpha value is -1.63. The molecule has 23 heavy (non-hydrogen) atoms. The Labute approximate surface area is 136 Å². The number of hydrogen-bond acceptors (Lipinski definition) is 4. The Morgan fingerprint density at radius 3 is 2.52 bits per heavy atom. The fourth-order valence-electron chi connectivity index (χ4n) is 4.12. The van der Waals surface area contributed by atoms with E-state index in [2.05, 4.69) is 5.32 Å². The topological polar surface area (TPSA) is 80.2 Å². The van der Waals surface area contributed by atoms with Gasteiger partial charge in [-0.2, -0.15) is 0 Å². The van der Waals surface area contributed by atoms with Gasteiger partial charge in [-0.05, 0) is 12.8 Å². The summed E-state index contributed by atoms with van der Waals surface area (Å²) in [6.07, 6.45) is 6.14. The highest BCUT2D eigenvalue weighted by Crippen LogP contribution is 2.33. The van der Waals surface area contributed by atoms with Crippen LogP contribution in [0.2, 0.25) is 0 Å². The number of rotatable bonds is 3. The summed E-state index contributed by atoms with van der Waals surface area (Å²) < 4.78 is 4.79. The average Bonchev–Trinajstić information content (AvgIpc) is 2.80. The van der Waals surface area contributed by atoms with Crippen molar-refractivity contribution in [3.8, 4) is 0 Å². The molecule has 2 saturated heterocycles. The lowest BCUT2D eigenvalue weighted by Gasteiger charge is -2.32. The Morgan fingerprint density at radius 2 is 1.91 bits per heavy atom. The van der Waals surface area contributed by atoms with E-state index in [1.165, 1.54) is 16.9 Å². The average molecular weight is 324 g/mol. The van der Waals surface area contributed by atoms with Gasteiger partial charge >= 0.3 is 12.0 Å². The molecule has 3 fully saturated rings. The molecule has 0 radical (unpaired) electrons. The molecule has 0 aromatic carbocycles. The number of quaternary nitrogens is 1. The van der Waals surface area contributed by atoms with Crippen molar-refractivity contribution in [1.29, 1.82) is 0 Å². The van der Waals surface area contributed by atoms with E-state index in [9.17, 15) is 14.4 Å². The third kappa shape index (κ3) is 3.06. The Kier molecular flexibility index (Phi) is 4.57. The molecule has 1 aliphatic carbocycles. The molecule has 3 rings (SSSR count). The highest BCUT2D eigenvalue weighted by molar-refractivity contribution is 6.06. The summed E-state index contributed by atoms with van der Waals surface area (Å²) in [5.41, 5.74) is -0.640. The zero-order valence-electron chi connectivity index (χ0n) is 13.7. The Bertz CT molecular complexity index is 494. The predicted octanol–water partition coefficient (Wildman–Crippen LogP) is -0.333. The van der Waals surface area contributed by atoms with E-state index in [1.807, 2.05) is 0 Å². The van der Waals surface area contributed by atoms with Crippen LogP contribution in [-0.4, -0.2) is 55.2 Å². The summed E-state index contributed by atoms with van der Waals surface area (Å²) >= 11 is 0. The number of piperidine rings is 1. The Balaban J connectivity index is 1.57. The quantitative estimate of drug-likeness (QED) is 0.550. The second kappa shape index (κ2) is 6.47. The minimum absolute atomic E-state index is 0.0449. The van der Waals surface area contributed by atoms with Gasteiger partial charge in [0.1, 0.15) is 5.54 Å². The Morgan fingerprint density at radius 1 is 1.26 bits per heavy atom. The number of esters is 1. The molecular weight excluding hydrogens is 298 g/mol. The van der Waals surface area contributed by atoms with Gasteiger partial charge in [0.15, 0.2) is 6.67 Å². The van der Waals surface area contributed by atoms with Crippen LogP contribution in [0.1, 0.15) is 44.9 Å². The molecule has 3 aliphatic rings. The van der Waals surface area contributed by atoms with Crippen molar-refractivity contribution in [3.63, 3.8) is 0 Å². The maximum absolute atomic E-state index is 12.7. The number of nitrogens with one attached hydrogen (secondary N) is 2. The zero-order chi connectivity index (χ0) is 16.4. The van der Waals surface area contributed by atoms with Gasteiger partial charge < -0.3 is 15.0 Å². The van der Waals surface area contributed by atoms with Crippen LogP contribution in [0, 0.1) is 5.92 Å². The number of likely N-dealkylation sites (tertiary alicyclic amines) is 1. The second-order valence-corrected chi connectivity index (χ2v) is 7.01. The summed E-state index contributed by atoms with van der Waals surface area (Å²) in [6.45, 7) is 1.97. The maximum atomic E-state index is 12.7. The van der Waals surface area contributed by atoms with Gasteiger partial charge in [-0.15, -0.1) is 0 Å². The fraction of sp³-hybridized carbons (Fsp3) is 0.812. The lowest BCUT2D eigenvalue weighted by Crippen LogP contribution is -3.14. The third-order valence-corrected chi connectivity index (χ3v) is 5.56. The number of methoxy groups -OCH3 is 1. The number of urea groups is 1. The first-order valence-electron chi connectivity index (χ1n) is 8.61. The minimum atomic E-state index is -0.640. The van der Waals surface area contributed by atoms with Crippen LogP contribution in [0.5, 0.6) is 0 Å². The smallest absolute Gasteiger partial charge is 0.329 e. The largest absolute Gasteiger partial charge is 0.469 e. The molecule has 0 unspecified atom stereocenters. The number of carbonyl (C=O) groups is 3. The molecule has 7 heteroatoms. The van der Waals surface area contributed by atoms with Gasteiger partial charge in [0.2, 0.25) is 0 Å². The second-order valence-electron chi connectivity index (χ2n) is 7.01. The highest BCUT2D eigenvalue weighted by Gasteiger charge is 2.52. The van der Waals surface area contributed by atoms with Gasteiger partial charge in [0.25, 0.3) is 5.91 Å². The SMILES string of the molecule is COC(=O)C1CC[NH+](CN2C(=O)NC3(CCCCC3)C2=O)CC1. The van der Waals surface area contributed by atoms with Crippen molar-refractivity contribution < 1.29 is 24.0 Å². The van der Waals surface area contributed by atoms with Gasteiger partial charge in [-0.25, -0.2) is 9.69 Å². The van der Waals surface area contributed by atoms with E-state index in [0.717, 1.165) is 58.0 Å². The normalized spacial score (nSPS) is 30.4. The first kappa shape index (κ1) is 16.2. The molecule has 7 nitrogen and oxygen atoms in total. The van der Waals surface area contributed by atoms with E-state index in [-0.39, 0.29) is 23.8 Å². The molecule has 0 aromatic heterocycles. The van der Waals surface area contributed by atoms with Crippen LogP contribution in [0.25, 0.3) is 0 Å². The molecule has 2 aliphatic heterocycles. The molecule has 2 heterocycles. The van der Waals surface area contributed by atoms with Crippen molar-refractivity contribution in [1.82, 2.24) is 10.2 Å². The summed E-state index contributed by atoms with van der Waals surface area (Å²) in [4.78, 5) is 39.1. The molecule has 0 aromatic rings. The molecule has 128 valence electrons. The van der Waals surface area contributed by atoms with E-state index in [4.69, 9.17) is 4.74 Å². The van der Waals surface area contributed by atoms with E-state index >= 15 is 0 Å². The number of nitrogens with zero attached hydrogens (tertiary/aromatic N) is 1. The van der Waals surface area contributed by atoms with E-state index in [1.54, 1.807) is 0 Å². The van der Waals surface area contributed by atoms with Crippen LogP contribution in [0.15, 0.2) is 0 Å². The highest BCUT2D eigenvalue weighted by atomic mass is 16.5.